The highest BCUT2D eigenvalue weighted by molar-refractivity contribution is 5.77. The van der Waals surface area contributed by atoms with Crippen LogP contribution in [0, 0.1) is 13.8 Å². The average molecular weight is 322 g/mol. The van der Waals surface area contributed by atoms with Gasteiger partial charge in [-0.25, -0.2) is 0 Å². The molecule has 2 aromatic rings. The Morgan fingerprint density at radius 1 is 1.09 bits per heavy atom. The third kappa shape index (κ3) is 4.12. The zero-order valence-electron chi connectivity index (χ0n) is 12.8. The summed E-state index contributed by atoms with van der Waals surface area (Å²) in [4.78, 5) is 11.6. The van der Waals surface area contributed by atoms with Crippen molar-refractivity contribution in [3.05, 3.63) is 70.3 Å². The summed E-state index contributed by atoms with van der Waals surface area (Å²) in [5, 5.41) is 9.51. The molecule has 0 spiro atoms. The van der Waals surface area contributed by atoms with Crippen LogP contribution in [0.4, 0.5) is 13.2 Å². The van der Waals surface area contributed by atoms with E-state index in [9.17, 15) is 23.1 Å². The van der Waals surface area contributed by atoms with Crippen LogP contribution in [0.1, 0.15) is 33.7 Å². The van der Waals surface area contributed by atoms with E-state index >= 15 is 0 Å². The molecule has 2 rings (SSSR count). The molecule has 2 aromatic carbocycles. The van der Waals surface area contributed by atoms with E-state index in [2.05, 4.69) is 0 Å². The minimum atomic E-state index is -4.39. The Morgan fingerprint density at radius 2 is 1.70 bits per heavy atom. The lowest BCUT2D eigenvalue weighted by atomic mass is 9.88. The predicted octanol–water partition coefficient (Wildman–Crippen LogP) is 4.73. The molecule has 0 saturated carbocycles. The molecular weight excluding hydrogens is 305 g/mol. The second-order valence-electron chi connectivity index (χ2n) is 5.65. The zero-order chi connectivity index (χ0) is 17.2. The fraction of sp³-hybridized carbons (Fsp3) is 0.278. The molecule has 1 unspecified atom stereocenters. The van der Waals surface area contributed by atoms with Crippen LogP contribution in [0.15, 0.2) is 42.5 Å². The number of aliphatic carboxylic acids is 1. The maximum Gasteiger partial charge on any atom is 0.416 e. The van der Waals surface area contributed by atoms with Crippen molar-refractivity contribution < 1.29 is 23.1 Å². The topological polar surface area (TPSA) is 37.3 Å². The third-order valence-electron chi connectivity index (χ3n) is 3.83. The second-order valence-corrected chi connectivity index (χ2v) is 5.65. The molecule has 0 heterocycles. The van der Waals surface area contributed by atoms with Gasteiger partial charge >= 0.3 is 12.1 Å². The molecule has 0 radical (unpaired) electrons. The van der Waals surface area contributed by atoms with Crippen LogP contribution >= 0.6 is 0 Å². The van der Waals surface area contributed by atoms with Gasteiger partial charge in [-0.05, 0) is 49.1 Å². The van der Waals surface area contributed by atoms with Gasteiger partial charge in [0.25, 0.3) is 0 Å². The highest BCUT2D eigenvalue weighted by Crippen LogP contribution is 2.30. The Balaban J connectivity index is 2.30. The molecule has 0 aliphatic carbocycles. The highest BCUT2D eigenvalue weighted by Gasteiger charge is 2.30. The molecular formula is C18H17F3O2. The van der Waals surface area contributed by atoms with E-state index < -0.39 is 23.6 Å². The number of benzene rings is 2. The lowest BCUT2D eigenvalue weighted by Gasteiger charge is -2.17. The summed E-state index contributed by atoms with van der Waals surface area (Å²) >= 11 is 0. The first-order valence-electron chi connectivity index (χ1n) is 7.14. The summed E-state index contributed by atoms with van der Waals surface area (Å²) < 4.78 is 37.7. The first kappa shape index (κ1) is 17.1. The Hall–Kier alpha value is -2.30. The van der Waals surface area contributed by atoms with Crippen LogP contribution in [0.5, 0.6) is 0 Å². The van der Waals surface area contributed by atoms with Gasteiger partial charge in [0.05, 0.1) is 11.5 Å². The number of rotatable bonds is 4. The van der Waals surface area contributed by atoms with Crippen molar-refractivity contribution in [2.45, 2.75) is 32.4 Å². The monoisotopic (exact) mass is 322 g/mol. The summed E-state index contributed by atoms with van der Waals surface area (Å²) in [6.45, 7) is 3.71. The molecule has 0 aromatic heterocycles. The Kier molecular flexibility index (Phi) is 4.78. The fourth-order valence-electron chi connectivity index (χ4n) is 2.53. The van der Waals surface area contributed by atoms with Crippen LogP contribution < -0.4 is 0 Å². The molecule has 1 N–H and O–H groups in total. The molecule has 2 nitrogen and oxygen atoms in total. The van der Waals surface area contributed by atoms with Gasteiger partial charge in [0.2, 0.25) is 0 Å². The van der Waals surface area contributed by atoms with Crippen molar-refractivity contribution in [1.29, 1.82) is 0 Å². The summed E-state index contributed by atoms with van der Waals surface area (Å²) in [6.07, 6.45) is -4.24. The van der Waals surface area contributed by atoms with E-state index in [1.165, 1.54) is 12.1 Å². The van der Waals surface area contributed by atoms with Gasteiger partial charge in [-0.3, -0.25) is 4.79 Å². The van der Waals surface area contributed by atoms with Crippen LogP contribution in [0.3, 0.4) is 0 Å². The van der Waals surface area contributed by atoms with E-state index in [-0.39, 0.29) is 6.42 Å². The van der Waals surface area contributed by atoms with Crippen molar-refractivity contribution in [1.82, 2.24) is 0 Å². The van der Waals surface area contributed by atoms with Gasteiger partial charge in [-0.1, -0.05) is 35.9 Å². The number of hydrogen-bond donors (Lipinski definition) is 1. The summed E-state index contributed by atoms with van der Waals surface area (Å²) in [5.41, 5.74) is 2.32. The van der Waals surface area contributed by atoms with E-state index in [0.29, 0.717) is 11.1 Å². The molecule has 0 aliphatic heterocycles. The molecule has 0 fully saturated rings. The summed E-state index contributed by atoms with van der Waals surface area (Å²) in [6, 6.07) is 10.2. The Labute approximate surface area is 132 Å². The predicted molar refractivity (Wildman–Crippen MR) is 81.4 cm³/mol. The second kappa shape index (κ2) is 6.44. The molecule has 0 aliphatic rings. The Bertz CT molecular complexity index is 703. The van der Waals surface area contributed by atoms with Gasteiger partial charge < -0.3 is 5.11 Å². The van der Waals surface area contributed by atoms with E-state index in [1.807, 2.05) is 32.0 Å². The van der Waals surface area contributed by atoms with Crippen molar-refractivity contribution in [3.8, 4) is 0 Å². The number of hydrogen-bond acceptors (Lipinski definition) is 1. The molecule has 122 valence electrons. The standard InChI is InChI=1S/C18H17F3O2/c1-11-3-4-12(2)15(9-11)16(17(22)23)10-13-5-7-14(8-6-13)18(19,20)21/h3-9,16H,10H2,1-2H3,(H,22,23). The van der Waals surface area contributed by atoms with E-state index in [0.717, 1.165) is 23.3 Å². The van der Waals surface area contributed by atoms with Gasteiger partial charge in [0.15, 0.2) is 0 Å². The van der Waals surface area contributed by atoms with Gasteiger partial charge in [0, 0.05) is 0 Å². The van der Waals surface area contributed by atoms with Gasteiger partial charge in [-0.15, -0.1) is 0 Å². The highest BCUT2D eigenvalue weighted by atomic mass is 19.4. The third-order valence-corrected chi connectivity index (χ3v) is 3.83. The maximum atomic E-state index is 12.6. The van der Waals surface area contributed by atoms with Gasteiger partial charge in [-0.2, -0.15) is 13.2 Å². The zero-order valence-corrected chi connectivity index (χ0v) is 12.8. The lowest BCUT2D eigenvalue weighted by Crippen LogP contribution is -2.16. The summed E-state index contributed by atoms with van der Waals surface area (Å²) in [5.74, 6) is -1.77. The number of halogens is 3. The maximum absolute atomic E-state index is 12.6. The minimum Gasteiger partial charge on any atom is -0.481 e. The number of carboxylic acid groups (broad SMARTS) is 1. The molecule has 0 saturated heterocycles. The Morgan fingerprint density at radius 3 is 2.22 bits per heavy atom. The van der Waals surface area contributed by atoms with Crippen molar-refractivity contribution in [2.75, 3.05) is 0 Å². The van der Waals surface area contributed by atoms with Crippen molar-refractivity contribution >= 4 is 5.97 Å². The number of alkyl halides is 3. The minimum absolute atomic E-state index is 0.151. The smallest absolute Gasteiger partial charge is 0.416 e. The van der Waals surface area contributed by atoms with E-state index in [1.54, 1.807) is 0 Å². The first-order valence-corrected chi connectivity index (χ1v) is 7.14. The molecule has 1 atom stereocenters. The van der Waals surface area contributed by atoms with Crippen molar-refractivity contribution in [3.63, 3.8) is 0 Å². The molecule has 0 amide bonds. The lowest BCUT2D eigenvalue weighted by molar-refractivity contribution is -0.139. The van der Waals surface area contributed by atoms with Crippen LogP contribution in [-0.2, 0) is 17.4 Å². The number of aryl methyl sites for hydroxylation is 2. The SMILES string of the molecule is Cc1ccc(C)c(C(Cc2ccc(C(F)(F)F)cc2)C(=O)O)c1. The quantitative estimate of drug-likeness (QED) is 0.883. The normalized spacial score (nSPS) is 12.9. The first-order chi connectivity index (χ1) is 10.7. The molecule has 23 heavy (non-hydrogen) atoms. The largest absolute Gasteiger partial charge is 0.481 e. The number of carbonyl (C=O) groups is 1. The fourth-order valence-corrected chi connectivity index (χ4v) is 2.53. The van der Waals surface area contributed by atoms with Crippen molar-refractivity contribution in [2.24, 2.45) is 0 Å². The van der Waals surface area contributed by atoms with Crippen LogP contribution in [0.25, 0.3) is 0 Å². The number of carboxylic acids is 1. The molecule has 0 bridgehead atoms. The van der Waals surface area contributed by atoms with Gasteiger partial charge in [0.1, 0.15) is 0 Å². The average Bonchev–Trinajstić information content (AvgIpc) is 2.47. The molecule has 5 heteroatoms. The van der Waals surface area contributed by atoms with Crippen LogP contribution in [0.2, 0.25) is 0 Å². The van der Waals surface area contributed by atoms with E-state index in [4.69, 9.17) is 0 Å². The van der Waals surface area contributed by atoms with Crippen LogP contribution in [-0.4, -0.2) is 11.1 Å². The summed E-state index contributed by atoms with van der Waals surface area (Å²) in [7, 11) is 0.